The fourth-order valence-electron chi connectivity index (χ4n) is 3.91. The second-order valence-corrected chi connectivity index (χ2v) is 7.23. The first-order valence-electron chi connectivity index (χ1n) is 9.18. The number of carbonyl (C=O) groups is 2. The minimum Gasteiger partial charge on any atom is -0.481 e. The molecule has 5 N–H and O–H groups in total. The Morgan fingerprint density at radius 1 is 1.19 bits per heavy atom. The van der Waals surface area contributed by atoms with Crippen LogP contribution in [-0.2, 0) is 4.79 Å². The molecule has 1 spiro atoms. The van der Waals surface area contributed by atoms with Crippen LogP contribution in [0.1, 0.15) is 55.8 Å². The number of aliphatic imine (C=N–C) groups is 2. The van der Waals surface area contributed by atoms with Crippen LogP contribution in [0.3, 0.4) is 0 Å². The van der Waals surface area contributed by atoms with Crippen LogP contribution < -0.4 is 16.4 Å². The summed E-state index contributed by atoms with van der Waals surface area (Å²) in [5, 5.41) is 8.88. The molecule has 1 unspecified atom stereocenters. The summed E-state index contributed by atoms with van der Waals surface area (Å²) in [7, 11) is 0. The van der Waals surface area contributed by atoms with Gasteiger partial charge in [-0.05, 0) is 49.9 Å². The van der Waals surface area contributed by atoms with Gasteiger partial charge in [0.25, 0.3) is 0 Å². The van der Waals surface area contributed by atoms with Crippen LogP contribution >= 0.6 is 0 Å². The minimum absolute atomic E-state index is 0.191. The molecule has 2 aliphatic rings. The quantitative estimate of drug-likeness (QED) is 0.678. The van der Waals surface area contributed by atoms with Gasteiger partial charge in [-0.2, -0.15) is 4.99 Å². The highest BCUT2D eigenvalue weighted by atomic mass is 16.4. The third-order valence-electron chi connectivity index (χ3n) is 5.19. The molecule has 0 bridgehead atoms. The number of rotatable bonds is 5. The molecule has 1 fully saturated rings. The van der Waals surface area contributed by atoms with E-state index in [1.165, 1.54) is 0 Å². The first-order chi connectivity index (χ1) is 12.8. The summed E-state index contributed by atoms with van der Waals surface area (Å²) >= 11 is 0. The van der Waals surface area contributed by atoms with Crippen molar-refractivity contribution < 1.29 is 14.7 Å². The maximum Gasteiger partial charge on any atom is 0.304 e. The number of anilines is 1. The van der Waals surface area contributed by atoms with Crippen LogP contribution in [0.15, 0.2) is 34.3 Å². The molecule has 0 amide bonds. The average Bonchev–Trinajstić information content (AvgIpc) is 2.61. The lowest BCUT2D eigenvalue weighted by Crippen LogP contribution is -2.58. The number of aliphatic carboxylic acids is 1. The number of carboxylic acids is 1. The third-order valence-corrected chi connectivity index (χ3v) is 5.19. The van der Waals surface area contributed by atoms with E-state index < -0.39 is 17.6 Å². The molecular weight excluding hydrogens is 346 g/mol. The molecule has 8 heteroatoms. The standard InChI is InChI=1S/C19H25N5O3/c1-12(11-15(25)26)16(27)13-5-7-14(8-6-13)24-18(21)22-17(20)23-19(24)9-3-2-4-10-19/h5-8,12H,2-4,9-11H2,1H3,(H,25,26)(H4,20,21,22,23). The molecule has 1 atom stereocenters. The van der Waals surface area contributed by atoms with Crippen molar-refractivity contribution in [3.8, 4) is 0 Å². The number of nitrogens with two attached hydrogens (primary N) is 2. The summed E-state index contributed by atoms with van der Waals surface area (Å²) in [4.78, 5) is 33.9. The Bertz CT molecular complexity index is 794. The fraction of sp³-hybridized carbons (Fsp3) is 0.474. The topological polar surface area (TPSA) is 134 Å². The van der Waals surface area contributed by atoms with Gasteiger partial charge in [0.1, 0.15) is 5.66 Å². The Balaban J connectivity index is 1.88. The van der Waals surface area contributed by atoms with Crippen LogP contribution in [0.2, 0.25) is 0 Å². The van der Waals surface area contributed by atoms with Crippen molar-refractivity contribution in [2.75, 3.05) is 4.90 Å². The van der Waals surface area contributed by atoms with E-state index >= 15 is 0 Å². The molecule has 3 rings (SSSR count). The van der Waals surface area contributed by atoms with E-state index in [0.29, 0.717) is 11.5 Å². The number of carboxylic acid groups (broad SMARTS) is 1. The van der Waals surface area contributed by atoms with E-state index in [1.54, 1.807) is 31.2 Å². The maximum absolute atomic E-state index is 12.4. The molecule has 1 saturated carbocycles. The summed E-state index contributed by atoms with van der Waals surface area (Å²) in [6.07, 6.45) is 4.69. The minimum atomic E-state index is -0.987. The Morgan fingerprint density at radius 2 is 1.81 bits per heavy atom. The lowest BCUT2D eigenvalue weighted by Gasteiger charge is -2.45. The Labute approximate surface area is 158 Å². The largest absolute Gasteiger partial charge is 0.481 e. The molecule has 1 aromatic rings. The van der Waals surface area contributed by atoms with Gasteiger partial charge in [-0.15, -0.1) is 0 Å². The molecule has 0 radical (unpaired) electrons. The average molecular weight is 371 g/mol. The predicted molar refractivity (Wildman–Crippen MR) is 104 cm³/mol. The molecule has 1 aromatic carbocycles. The van der Waals surface area contributed by atoms with Crippen LogP contribution in [0.5, 0.6) is 0 Å². The summed E-state index contributed by atoms with van der Waals surface area (Å²) in [6, 6.07) is 7.00. The first-order valence-corrected chi connectivity index (χ1v) is 9.18. The van der Waals surface area contributed by atoms with Crippen molar-refractivity contribution in [2.24, 2.45) is 27.4 Å². The zero-order valence-corrected chi connectivity index (χ0v) is 15.4. The number of ketones is 1. The number of nitrogens with zero attached hydrogens (tertiary/aromatic N) is 3. The smallest absolute Gasteiger partial charge is 0.304 e. The van der Waals surface area contributed by atoms with Gasteiger partial charge in [0.2, 0.25) is 11.9 Å². The summed E-state index contributed by atoms with van der Waals surface area (Å²) in [6.45, 7) is 1.62. The molecule has 8 nitrogen and oxygen atoms in total. The molecule has 1 aliphatic carbocycles. The van der Waals surface area contributed by atoms with Crippen LogP contribution in [-0.4, -0.2) is 34.4 Å². The van der Waals surface area contributed by atoms with Crippen molar-refractivity contribution in [2.45, 2.75) is 51.1 Å². The zero-order valence-electron chi connectivity index (χ0n) is 15.4. The monoisotopic (exact) mass is 371 g/mol. The summed E-state index contributed by atoms with van der Waals surface area (Å²) in [5.41, 5.74) is 12.8. The predicted octanol–water partition coefficient (Wildman–Crippen LogP) is 2.09. The van der Waals surface area contributed by atoms with Crippen molar-refractivity contribution in [3.63, 3.8) is 0 Å². The fourth-order valence-corrected chi connectivity index (χ4v) is 3.91. The molecule has 1 heterocycles. The first kappa shape index (κ1) is 18.9. The van der Waals surface area contributed by atoms with Crippen LogP contribution in [0.4, 0.5) is 5.69 Å². The second-order valence-electron chi connectivity index (χ2n) is 7.23. The van der Waals surface area contributed by atoms with E-state index in [4.69, 9.17) is 16.6 Å². The highest BCUT2D eigenvalue weighted by molar-refractivity contribution is 6.06. The van der Waals surface area contributed by atoms with Gasteiger partial charge in [0.15, 0.2) is 5.78 Å². The molecule has 144 valence electrons. The second kappa shape index (κ2) is 7.38. The van der Waals surface area contributed by atoms with Gasteiger partial charge in [-0.3, -0.25) is 14.5 Å². The number of hydrogen-bond acceptors (Lipinski definition) is 7. The SMILES string of the molecule is CC(CC(=O)O)C(=O)c1ccc(N2C(N)=NC(N)=NC23CCCCC3)cc1. The summed E-state index contributed by atoms with van der Waals surface area (Å²) in [5.74, 6) is -1.27. The van der Waals surface area contributed by atoms with E-state index in [9.17, 15) is 9.59 Å². The number of hydrogen-bond donors (Lipinski definition) is 3. The summed E-state index contributed by atoms with van der Waals surface area (Å²) < 4.78 is 0. The van der Waals surface area contributed by atoms with E-state index in [1.807, 2.05) is 4.90 Å². The Morgan fingerprint density at radius 3 is 2.41 bits per heavy atom. The number of benzene rings is 1. The molecule has 27 heavy (non-hydrogen) atoms. The molecular formula is C19H25N5O3. The normalized spacial score (nSPS) is 20.0. The highest BCUT2D eigenvalue weighted by Crippen LogP contribution is 2.39. The molecule has 0 aromatic heterocycles. The Hall–Kier alpha value is -2.90. The van der Waals surface area contributed by atoms with E-state index in [-0.39, 0.29) is 18.2 Å². The molecule has 0 saturated heterocycles. The third kappa shape index (κ3) is 3.79. The van der Waals surface area contributed by atoms with Gasteiger partial charge in [0, 0.05) is 17.2 Å². The van der Waals surface area contributed by atoms with E-state index in [2.05, 4.69) is 9.98 Å². The van der Waals surface area contributed by atoms with Crippen LogP contribution in [0, 0.1) is 5.92 Å². The Kier molecular flexibility index (Phi) is 5.16. The lowest BCUT2D eigenvalue weighted by molar-refractivity contribution is -0.137. The van der Waals surface area contributed by atoms with Crippen molar-refractivity contribution in [3.05, 3.63) is 29.8 Å². The van der Waals surface area contributed by atoms with Gasteiger partial charge in [-0.25, -0.2) is 4.99 Å². The number of carbonyl (C=O) groups excluding carboxylic acids is 1. The molecule has 1 aliphatic heterocycles. The van der Waals surface area contributed by atoms with Gasteiger partial charge < -0.3 is 16.6 Å². The lowest BCUT2D eigenvalue weighted by atomic mass is 9.87. The van der Waals surface area contributed by atoms with Crippen molar-refractivity contribution >= 4 is 29.4 Å². The van der Waals surface area contributed by atoms with Gasteiger partial charge in [-0.1, -0.05) is 13.3 Å². The van der Waals surface area contributed by atoms with Crippen molar-refractivity contribution in [1.82, 2.24) is 0 Å². The van der Waals surface area contributed by atoms with E-state index in [0.717, 1.165) is 37.8 Å². The van der Waals surface area contributed by atoms with Crippen LogP contribution in [0.25, 0.3) is 0 Å². The van der Waals surface area contributed by atoms with Gasteiger partial charge in [0.05, 0.1) is 6.42 Å². The van der Waals surface area contributed by atoms with Gasteiger partial charge >= 0.3 is 5.97 Å². The van der Waals surface area contributed by atoms with Crippen molar-refractivity contribution in [1.29, 1.82) is 0 Å². The number of guanidine groups is 2. The maximum atomic E-state index is 12.4. The highest BCUT2D eigenvalue weighted by Gasteiger charge is 2.42. The number of Topliss-reactive ketones (excluding diaryl/α,β-unsaturated/α-hetero) is 1. The zero-order chi connectivity index (χ0) is 19.6.